The van der Waals surface area contributed by atoms with Crippen molar-refractivity contribution in [1.82, 2.24) is 10.2 Å². The predicted octanol–water partition coefficient (Wildman–Crippen LogP) is 3.18. The number of nitrogens with zero attached hydrogens (tertiary/aromatic N) is 1. The summed E-state index contributed by atoms with van der Waals surface area (Å²) in [7, 11) is 0. The quantitative estimate of drug-likeness (QED) is 0.811. The monoisotopic (exact) mass is 310 g/mol. The molecule has 0 aromatic carbocycles. The molecule has 7 heteroatoms. The molecule has 1 amide bonds. The number of rotatable bonds is 4. The minimum absolute atomic E-state index is 0.0769. The Morgan fingerprint density at radius 3 is 2.57 bits per heavy atom. The lowest BCUT2D eigenvalue weighted by Crippen LogP contribution is -2.45. The van der Waals surface area contributed by atoms with Gasteiger partial charge in [0.15, 0.2) is 0 Å². The van der Waals surface area contributed by atoms with Gasteiger partial charge in [0, 0.05) is 19.6 Å². The fourth-order valence-corrected chi connectivity index (χ4v) is 2.26. The van der Waals surface area contributed by atoms with Crippen molar-refractivity contribution in [1.29, 1.82) is 0 Å². The third-order valence-electron chi connectivity index (χ3n) is 3.19. The zero-order valence-electron chi connectivity index (χ0n) is 12.9. The van der Waals surface area contributed by atoms with Crippen molar-refractivity contribution in [2.45, 2.75) is 51.8 Å². The Morgan fingerprint density at radius 2 is 2.00 bits per heavy atom. The summed E-state index contributed by atoms with van der Waals surface area (Å²) < 4.78 is 41.4. The largest absolute Gasteiger partial charge is 0.444 e. The van der Waals surface area contributed by atoms with Crippen LogP contribution in [0.3, 0.4) is 0 Å². The molecule has 0 spiro atoms. The fraction of sp³-hybridized carbons (Fsp3) is 0.929. The summed E-state index contributed by atoms with van der Waals surface area (Å²) >= 11 is 0. The SMILES string of the molecule is CC(C)(C)OC(=O)N1CCCC(CNCCC(F)(F)F)C1. The van der Waals surface area contributed by atoms with Gasteiger partial charge in [-0.15, -0.1) is 0 Å². The number of hydrogen-bond acceptors (Lipinski definition) is 3. The van der Waals surface area contributed by atoms with Crippen molar-refractivity contribution < 1.29 is 22.7 Å². The molecule has 1 aliphatic rings. The van der Waals surface area contributed by atoms with E-state index in [0.29, 0.717) is 19.6 Å². The smallest absolute Gasteiger partial charge is 0.410 e. The highest BCUT2D eigenvalue weighted by atomic mass is 19.4. The minimum Gasteiger partial charge on any atom is -0.444 e. The van der Waals surface area contributed by atoms with Crippen LogP contribution in [0, 0.1) is 5.92 Å². The van der Waals surface area contributed by atoms with Crippen molar-refractivity contribution in [3.05, 3.63) is 0 Å². The van der Waals surface area contributed by atoms with Gasteiger partial charge < -0.3 is 15.0 Å². The molecule has 1 saturated heterocycles. The van der Waals surface area contributed by atoms with E-state index in [1.807, 2.05) is 20.8 Å². The van der Waals surface area contributed by atoms with Crippen LogP contribution in [0.5, 0.6) is 0 Å². The van der Waals surface area contributed by atoms with Crippen LogP contribution >= 0.6 is 0 Å². The third-order valence-corrected chi connectivity index (χ3v) is 3.19. The van der Waals surface area contributed by atoms with E-state index < -0.39 is 18.2 Å². The summed E-state index contributed by atoms with van der Waals surface area (Å²) in [6, 6.07) is 0. The lowest BCUT2D eigenvalue weighted by atomic mass is 9.98. The van der Waals surface area contributed by atoms with E-state index in [1.54, 1.807) is 4.90 Å². The summed E-state index contributed by atoms with van der Waals surface area (Å²) in [5.74, 6) is 0.180. The molecule has 1 N–H and O–H groups in total. The Kier molecular flexibility index (Phi) is 6.31. The number of nitrogens with one attached hydrogen (secondary N) is 1. The Balaban J connectivity index is 2.30. The van der Waals surface area contributed by atoms with Crippen molar-refractivity contribution in [2.24, 2.45) is 5.92 Å². The van der Waals surface area contributed by atoms with Gasteiger partial charge in [-0.25, -0.2) is 4.79 Å². The molecule has 0 aromatic heterocycles. The zero-order chi connectivity index (χ0) is 16.1. The lowest BCUT2D eigenvalue weighted by Gasteiger charge is -2.34. The fourth-order valence-electron chi connectivity index (χ4n) is 2.26. The summed E-state index contributed by atoms with van der Waals surface area (Å²) in [4.78, 5) is 13.6. The number of carbonyl (C=O) groups is 1. The van der Waals surface area contributed by atoms with Gasteiger partial charge in [-0.1, -0.05) is 0 Å². The topological polar surface area (TPSA) is 41.6 Å². The first-order valence-corrected chi connectivity index (χ1v) is 7.32. The second-order valence-electron chi connectivity index (χ2n) is 6.50. The van der Waals surface area contributed by atoms with E-state index in [0.717, 1.165) is 12.8 Å². The molecule has 0 aliphatic carbocycles. The van der Waals surface area contributed by atoms with E-state index >= 15 is 0 Å². The molecule has 1 fully saturated rings. The first-order valence-electron chi connectivity index (χ1n) is 7.32. The highest BCUT2D eigenvalue weighted by molar-refractivity contribution is 5.68. The Bertz CT molecular complexity index is 340. The highest BCUT2D eigenvalue weighted by Gasteiger charge is 2.28. The Labute approximate surface area is 124 Å². The number of carbonyl (C=O) groups excluding carboxylic acids is 1. The van der Waals surface area contributed by atoms with Crippen LogP contribution in [0.2, 0.25) is 0 Å². The number of alkyl halides is 3. The first kappa shape index (κ1) is 18.1. The van der Waals surface area contributed by atoms with Crippen molar-refractivity contribution in [3.63, 3.8) is 0 Å². The molecule has 21 heavy (non-hydrogen) atoms. The molecule has 0 bridgehead atoms. The predicted molar refractivity (Wildman–Crippen MR) is 74.1 cm³/mol. The standard InChI is InChI=1S/C14H25F3N2O2/c1-13(2,3)21-12(20)19-8-4-5-11(10-19)9-18-7-6-14(15,16)17/h11,18H,4-10H2,1-3H3. The number of amides is 1. The summed E-state index contributed by atoms with van der Waals surface area (Å²) in [5, 5.41) is 2.82. The minimum atomic E-state index is -4.12. The number of ether oxygens (including phenoxy) is 1. The van der Waals surface area contributed by atoms with Crippen molar-refractivity contribution >= 4 is 6.09 Å². The zero-order valence-corrected chi connectivity index (χ0v) is 12.9. The van der Waals surface area contributed by atoms with E-state index in [9.17, 15) is 18.0 Å². The molecule has 1 aliphatic heterocycles. The molecule has 0 aromatic rings. The molecule has 1 heterocycles. The maximum absolute atomic E-state index is 12.0. The average molecular weight is 310 g/mol. The van der Waals surface area contributed by atoms with Gasteiger partial charge >= 0.3 is 12.3 Å². The molecule has 1 unspecified atom stereocenters. The Hall–Kier alpha value is -0.980. The van der Waals surface area contributed by atoms with Crippen molar-refractivity contribution in [3.8, 4) is 0 Å². The van der Waals surface area contributed by atoms with E-state index in [-0.39, 0.29) is 18.6 Å². The van der Waals surface area contributed by atoms with Crippen molar-refractivity contribution in [2.75, 3.05) is 26.2 Å². The van der Waals surface area contributed by atoms with Gasteiger partial charge in [0.2, 0.25) is 0 Å². The van der Waals surface area contributed by atoms with Gasteiger partial charge in [0.25, 0.3) is 0 Å². The normalized spacial score (nSPS) is 20.5. The number of halogens is 3. The van der Waals surface area contributed by atoms with Crippen LogP contribution < -0.4 is 5.32 Å². The van der Waals surface area contributed by atoms with Crippen LogP contribution in [0.15, 0.2) is 0 Å². The van der Waals surface area contributed by atoms with Crippen LogP contribution in [0.4, 0.5) is 18.0 Å². The van der Waals surface area contributed by atoms with E-state index in [2.05, 4.69) is 5.32 Å². The Morgan fingerprint density at radius 1 is 1.33 bits per heavy atom. The van der Waals surface area contributed by atoms with Gasteiger partial charge in [-0.2, -0.15) is 13.2 Å². The average Bonchev–Trinajstić information content (AvgIpc) is 2.32. The second-order valence-corrected chi connectivity index (χ2v) is 6.50. The van der Waals surface area contributed by atoms with Gasteiger partial charge in [-0.3, -0.25) is 0 Å². The maximum atomic E-state index is 12.0. The number of piperidine rings is 1. The van der Waals surface area contributed by atoms with Crippen LogP contribution in [-0.4, -0.2) is 48.9 Å². The molecule has 0 saturated carbocycles. The van der Waals surface area contributed by atoms with Crippen LogP contribution in [0.1, 0.15) is 40.0 Å². The molecule has 4 nitrogen and oxygen atoms in total. The summed E-state index contributed by atoms with van der Waals surface area (Å²) in [5.41, 5.74) is -0.533. The van der Waals surface area contributed by atoms with E-state index in [4.69, 9.17) is 4.74 Å². The molecule has 124 valence electrons. The van der Waals surface area contributed by atoms with Crippen LogP contribution in [0.25, 0.3) is 0 Å². The highest BCUT2D eigenvalue weighted by Crippen LogP contribution is 2.20. The first-order chi connectivity index (χ1) is 9.57. The van der Waals surface area contributed by atoms with Crippen LogP contribution in [-0.2, 0) is 4.74 Å². The van der Waals surface area contributed by atoms with E-state index in [1.165, 1.54) is 0 Å². The lowest BCUT2D eigenvalue weighted by molar-refractivity contribution is -0.133. The van der Waals surface area contributed by atoms with Gasteiger partial charge in [0.05, 0.1) is 6.42 Å². The van der Waals surface area contributed by atoms with Gasteiger partial charge in [-0.05, 0) is 46.1 Å². The second kappa shape index (κ2) is 7.33. The number of hydrogen-bond donors (Lipinski definition) is 1. The van der Waals surface area contributed by atoms with Gasteiger partial charge in [0.1, 0.15) is 5.60 Å². The molecule has 0 radical (unpaired) electrons. The molecule has 1 rings (SSSR count). The molecular formula is C14H25F3N2O2. The molecule has 1 atom stereocenters. The summed E-state index contributed by atoms with van der Waals surface area (Å²) in [6.07, 6.45) is -3.52. The number of likely N-dealkylation sites (tertiary alicyclic amines) is 1. The maximum Gasteiger partial charge on any atom is 0.410 e. The third kappa shape index (κ3) is 8.14. The summed E-state index contributed by atoms with van der Waals surface area (Å²) in [6.45, 7) is 7.03. The molecular weight excluding hydrogens is 285 g/mol.